The maximum Gasteiger partial charge on any atom is 0.227 e. The van der Waals surface area contributed by atoms with Gasteiger partial charge in [0.2, 0.25) is 5.91 Å². The lowest BCUT2D eigenvalue weighted by Gasteiger charge is -2.21. The van der Waals surface area contributed by atoms with E-state index in [1.54, 1.807) is 17.8 Å². The van der Waals surface area contributed by atoms with Gasteiger partial charge in [0.15, 0.2) is 5.75 Å². The molecule has 1 unspecified atom stereocenters. The molecule has 140 valence electrons. The summed E-state index contributed by atoms with van der Waals surface area (Å²) in [7, 11) is 1.60. The average molecular weight is 359 g/mol. The average Bonchev–Trinajstić information content (AvgIpc) is 3.11. The van der Waals surface area contributed by atoms with Crippen LogP contribution in [0.5, 0.6) is 5.75 Å². The van der Waals surface area contributed by atoms with Crippen LogP contribution in [0, 0.1) is 5.92 Å². The van der Waals surface area contributed by atoms with Crippen molar-refractivity contribution in [3.8, 4) is 5.75 Å². The van der Waals surface area contributed by atoms with Gasteiger partial charge in [-0.1, -0.05) is 19.3 Å². The lowest BCUT2D eigenvalue weighted by Crippen LogP contribution is -2.25. The number of ether oxygens (including phenoxy) is 3. The Morgan fingerprint density at radius 1 is 1.27 bits per heavy atom. The topological polar surface area (TPSA) is 74.1 Å². The van der Waals surface area contributed by atoms with E-state index in [2.05, 4.69) is 10.4 Å². The first kappa shape index (κ1) is 17.3. The molecule has 2 aromatic heterocycles. The Balaban J connectivity index is 1.58. The van der Waals surface area contributed by atoms with E-state index in [0.29, 0.717) is 31.3 Å². The van der Waals surface area contributed by atoms with Crippen LogP contribution in [-0.4, -0.2) is 42.5 Å². The number of amides is 1. The highest BCUT2D eigenvalue weighted by Crippen LogP contribution is 2.30. The minimum Gasteiger partial charge on any atom is -0.493 e. The van der Waals surface area contributed by atoms with Crippen molar-refractivity contribution in [3.63, 3.8) is 0 Å². The Hall–Kier alpha value is -2.12. The maximum absolute atomic E-state index is 12.6. The van der Waals surface area contributed by atoms with Gasteiger partial charge in [-0.05, 0) is 25.0 Å². The zero-order valence-corrected chi connectivity index (χ0v) is 15.1. The van der Waals surface area contributed by atoms with E-state index in [1.807, 2.05) is 12.1 Å². The third-order valence-electron chi connectivity index (χ3n) is 5.18. The third-order valence-corrected chi connectivity index (χ3v) is 5.18. The number of hydrogen-bond acceptors (Lipinski definition) is 5. The minimum atomic E-state index is -0.157. The molecule has 2 aliphatic rings. The second-order valence-electron chi connectivity index (χ2n) is 6.95. The molecule has 26 heavy (non-hydrogen) atoms. The Morgan fingerprint density at radius 3 is 2.85 bits per heavy atom. The molecule has 0 aromatic carbocycles. The summed E-state index contributed by atoms with van der Waals surface area (Å²) in [6.45, 7) is 1.70. The van der Waals surface area contributed by atoms with E-state index in [4.69, 9.17) is 14.2 Å². The summed E-state index contributed by atoms with van der Waals surface area (Å²) >= 11 is 0. The van der Waals surface area contributed by atoms with Gasteiger partial charge in [-0.15, -0.1) is 0 Å². The van der Waals surface area contributed by atoms with Crippen molar-refractivity contribution in [1.29, 1.82) is 0 Å². The molecular formula is C19H25N3O4. The fraction of sp³-hybridized carbons (Fsp3) is 0.579. The van der Waals surface area contributed by atoms with Gasteiger partial charge in [-0.3, -0.25) is 4.79 Å². The van der Waals surface area contributed by atoms with Gasteiger partial charge in [0.1, 0.15) is 6.10 Å². The molecular weight excluding hydrogens is 334 g/mol. The fourth-order valence-corrected chi connectivity index (χ4v) is 3.72. The van der Waals surface area contributed by atoms with E-state index in [1.165, 1.54) is 6.42 Å². The number of anilines is 1. The molecule has 0 bridgehead atoms. The van der Waals surface area contributed by atoms with E-state index in [-0.39, 0.29) is 17.9 Å². The van der Waals surface area contributed by atoms with Crippen molar-refractivity contribution in [1.82, 2.24) is 9.61 Å². The number of nitrogens with one attached hydrogen (secondary N) is 1. The molecule has 7 heteroatoms. The van der Waals surface area contributed by atoms with E-state index >= 15 is 0 Å². The van der Waals surface area contributed by atoms with Crippen molar-refractivity contribution in [2.24, 2.45) is 5.92 Å². The summed E-state index contributed by atoms with van der Waals surface area (Å²) in [5, 5.41) is 7.63. The summed E-state index contributed by atoms with van der Waals surface area (Å²) in [5.74, 6) is 0.770. The highest BCUT2D eigenvalue weighted by atomic mass is 16.6. The van der Waals surface area contributed by atoms with Gasteiger partial charge in [0.05, 0.1) is 50.0 Å². The number of carbonyl (C=O) groups is 1. The molecule has 0 spiro atoms. The second kappa shape index (κ2) is 7.63. The molecule has 7 nitrogen and oxygen atoms in total. The Bertz CT molecular complexity index is 776. The molecule has 1 atom stereocenters. The first-order valence-electron chi connectivity index (χ1n) is 9.32. The number of aromatic nitrogens is 2. The highest BCUT2D eigenvalue weighted by molar-refractivity contribution is 5.94. The Labute approximate surface area is 152 Å². The molecule has 2 fully saturated rings. The van der Waals surface area contributed by atoms with E-state index in [0.717, 1.165) is 36.9 Å². The van der Waals surface area contributed by atoms with Crippen LogP contribution in [0.25, 0.3) is 5.52 Å². The fourth-order valence-electron chi connectivity index (χ4n) is 3.72. The molecule has 1 saturated carbocycles. The molecule has 1 aliphatic heterocycles. The van der Waals surface area contributed by atoms with E-state index < -0.39 is 0 Å². The number of carbonyl (C=O) groups excluding carboxylic acids is 1. The van der Waals surface area contributed by atoms with Crippen LogP contribution in [0.1, 0.15) is 43.9 Å². The smallest absolute Gasteiger partial charge is 0.227 e. The van der Waals surface area contributed by atoms with Crippen molar-refractivity contribution in [2.75, 3.05) is 32.2 Å². The van der Waals surface area contributed by atoms with Crippen molar-refractivity contribution < 1.29 is 19.0 Å². The molecule has 1 saturated heterocycles. The summed E-state index contributed by atoms with van der Waals surface area (Å²) in [5.41, 5.74) is 2.39. The van der Waals surface area contributed by atoms with Crippen LogP contribution >= 0.6 is 0 Å². The quantitative estimate of drug-likeness (QED) is 0.908. The number of fused-ring (bicyclic) bond motifs is 1. The van der Waals surface area contributed by atoms with Gasteiger partial charge in [-0.25, -0.2) is 4.52 Å². The lowest BCUT2D eigenvalue weighted by atomic mass is 9.88. The standard InChI is InChI=1S/C19H25N3O4/c1-24-17-11-22-14(10-16(21-22)18-12-25-7-8-26-18)9-15(17)20-19(23)13-5-3-2-4-6-13/h9-11,13,18H,2-8,12H2,1H3,(H,20,23). The number of pyridine rings is 1. The van der Waals surface area contributed by atoms with Crippen LogP contribution in [0.4, 0.5) is 5.69 Å². The molecule has 0 radical (unpaired) electrons. The summed E-state index contributed by atoms with van der Waals surface area (Å²) < 4.78 is 18.4. The van der Waals surface area contributed by atoms with E-state index in [9.17, 15) is 4.79 Å². The second-order valence-corrected chi connectivity index (χ2v) is 6.95. The Morgan fingerprint density at radius 2 is 2.12 bits per heavy atom. The predicted molar refractivity (Wildman–Crippen MR) is 96.5 cm³/mol. The molecule has 1 N–H and O–H groups in total. The summed E-state index contributed by atoms with van der Waals surface area (Å²) in [6.07, 6.45) is 7.05. The predicted octanol–water partition coefficient (Wildman–Crippen LogP) is 2.95. The largest absolute Gasteiger partial charge is 0.493 e. The number of nitrogens with zero attached hydrogens (tertiary/aromatic N) is 2. The monoisotopic (exact) mass is 359 g/mol. The zero-order valence-electron chi connectivity index (χ0n) is 15.1. The maximum atomic E-state index is 12.6. The van der Waals surface area contributed by atoms with Gasteiger partial charge >= 0.3 is 0 Å². The molecule has 1 amide bonds. The van der Waals surface area contributed by atoms with Crippen LogP contribution in [-0.2, 0) is 14.3 Å². The van der Waals surface area contributed by atoms with Crippen molar-refractivity contribution in [2.45, 2.75) is 38.2 Å². The normalized spacial score (nSPS) is 21.7. The molecule has 4 rings (SSSR count). The number of rotatable bonds is 4. The SMILES string of the molecule is COc1cn2nc(C3COCCO3)cc2cc1NC(=O)C1CCCCC1. The van der Waals surface area contributed by atoms with Gasteiger partial charge in [0.25, 0.3) is 0 Å². The lowest BCUT2D eigenvalue weighted by molar-refractivity contribution is -0.120. The van der Waals surface area contributed by atoms with Gasteiger partial charge in [0, 0.05) is 5.92 Å². The minimum absolute atomic E-state index is 0.0797. The number of hydrogen-bond donors (Lipinski definition) is 1. The van der Waals surface area contributed by atoms with Gasteiger partial charge < -0.3 is 19.5 Å². The van der Waals surface area contributed by atoms with Crippen molar-refractivity contribution >= 4 is 17.1 Å². The zero-order chi connectivity index (χ0) is 17.9. The van der Waals surface area contributed by atoms with Crippen LogP contribution in [0.2, 0.25) is 0 Å². The third kappa shape index (κ3) is 3.54. The Kier molecular flexibility index (Phi) is 5.08. The van der Waals surface area contributed by atoms with Crippen LogP contribution < -0.4 is 10.1 Å². The first-order valence-corrected chi connectivity index (χ1v) is 9.32. The van der Waals surface area contributed by atoms with Crippen LogP contribution in [0.3, 0.4) is 0 Å². The number of methoxy groups -OCH3 is 1. The first-order chi connectivity index (χ1) is 12.7. The molecule has 1 aliphatic carbocycles. The van der Waals surface area contributed by atoms with Gasteiger partial charge in [-0.2, -0.15) is 5.10 Å². The summed E-state index contributed by atoms with van der Waals surface area (Å²) in [4.78, 5) is 12.6. The van der Waals surface area contributed by atoms with Crippen LogP contribution in [0.15, 0.2) is 18.3 Å². The van der Waals surface area contributed by atoms with Crippen molar-refractivity contribution in [3.05, 3.63) is 24.0 Å². The highest BCUT2D eigenvalue weighted by Gasteiger charge is 2.23. The molecule has 2 aromatic rings. The summed E-state index contributed by atoms with van der Waals surface area (Å²) in [6, 6.07) is 3.87. The molecule has 3 heterocycles.